The molecule has 16 aromatic carbocycles. The molecule has 0 aliphatic rings. The number of halogens is 1. The van der Waals surface area contributed by atoms with Crippen LogP contribution < -0.4 is 5.46 Å². The highest BCUT2D eigenvalue weighted by Gasteiger charge is 2.20. The molecule has 18 rings (SSSR count). The molecule has 0 saturated heterocycles. The summed E-state index contributed by atoms with van der Waals surface area (Å²) in [4.78, 5) is 0. The highest BCUT2D eigenvalue weighted by atomic mass is 79.9. The van der Waals surface area contributed by atoms with Crippen LogP contribution in [0.1, 0.15) is 21.9 Å². The van der Waals surface area contributed by atoms with Gasteiger partial charge in [-0.05, 0) is 172 Å². The molecular weight excluding hydrogens is 1160 g/mol. The molecule has 2 N–H and O–H groups in total. The Balaban J connectivity index is 0.000000134. The van der Waals surface area contributed by atoms with Gasteiger partial charge in [0.1, 0.15) is 22.3 Å². The number of benzene rings is 16. The molecule has 0 amide bonds. The van der Waals surface area contributed by atoms with Gasteiger partial charge >= 0.3 is 7.12 Å². The van der Waals surface area contributed by atoms with Gasteiger partial charge in [0.05, 0.1) is 21.9 Å². The van der Waals surface area contributed by atoms with E-state index >= 15 is 0 Å². The zero-order chi connectivity index (χ0) is 74.2. The van der Waals surface area contributed by atoms with Crippen molar-refractivity contribution in [3.8, 4) is 55.6 Å². The molecule has 0 aliphatic carbocycles. The first-order chi connectivity index (χ1) is 51.0. The smallest absolute Gasteiger partial charge is 0.456 e. The van der Waals surface area contributed by atoms with Crippen molar-refractivity contribution >= 4 is 137 Å². The Morgan fingerprint density at radius 2 is 0.611 bits per heavy atom. The van der Waals surface area contributed by atoms with Crippen molar-refractivity contribution < 1.29 is 40.8 Å². The number of hydrogen-bond donors (Lipinski definition) is 2. The zero-order valence-corrected chi connectivity index (χ0v) is 49.0. The van der Waals surface area contributed by atoms with E-state index in [9.17, 15) is 15.5 Å². The van der Waals surface area contributed by atoms with Crippen molar-refractivity contribution in [3.63, 3.8) is 0 Å². The van der Waals surface area contributed by atoms with Gasteiger partial charge in [-0.25, -0.2) is 0 Å². The first kappa shape index (κ1) is 39.8. The fourth-order valence-electron chi connectivity index (χ4n) is 12.4. The third kappa shape index (κ3) is 9.66. The Hall–Kier alpha value is -10.9. The molecule has 0 aliphatic heterocycles. The number of furan rings is 2. The summed E-state index contributed by atoms with van der Waals surface area (Å²) < 4.78 is 152. The maximum atomic E-state index is 9.25. The molecule has 2 heterocycles. The van der Waals surface area contributed by atoms with Gasteiger partial charge in [-0.3, -0.25) is 0 Å². The predicted molar refractivity (Wildman–Crippen MR) is 384 cm³/mol. The second-order valence-electron chi connectivity index (χ2n) is 21.7. The van der Waals surface area contributed by atoms with Gasteiger partial charge < -0.3 is 18.9 Å². The normalized spacial score (nSPS) is 14.0. The SMILES string of the molecule is OB(O)c1ccc2c(c1)oc1ccc3ccccc3c12.[2H]c1c([2H])c([2H])c2c(-c3ccc(-c4ccccc4)cc3)c3c([2H])c([2H])c([2H])c([2H])c3c(Br)c2c1[2H].[2H]c1c([2H])c([2H])c2c(-c3ccc4c(c3)oc3ccc5ccccc5c34)c3c([2H])c([2H])c([2H])c([2H])c3c(-c3ccc(-c4ccccc4)cc3)c2c1[2H]. The maximum absolute atomic E-state index is 9.25. The fraction of sp³-hybridized carbons (Fsp3) is 0. The van der Waals surface area contributed by atoms with E-state index in [-0.39, 0.29) is 101 Å². The molecule has 0 saturated carbocycles. The van der Waals surface area contributed by atoms with Crippen LogP contribution in [0.15, 0.2) is 328 Å². The Morgan fingerprint density at radius 3 is 1.04 bits per heavy atom. The Kier molecular flexibility index (Phi) is 10.2. The van der Waals surface area contributed by atoms with Crippen LogP contribution in [0.2, 0.25) is 0 Å². The average Bonchev–Trinajstić information content (AvgIpc) is 0.866. The van der Waals surface area contributed by atoms with Crippen molar-refractivity contribution in [2.45, 2.75) is 0 Å². The van der Waals surface area contributed by atoms with Crippen LogP contribution in [0.4, 0.5) is 0 Å². The molecule has 0 unspecified atom stereocenters. The van der Waals surface area contributed by atoms with Crippen molar-refractivity contribution in [2.24, 2.45) is 0 Å². The predicted octanol–water partition coefficient (Wildman–Crippen LogP) is 22.6. The molecule has 424 valence electrons. The monoisotopic (exact) mass is 1230 g/mol. The average molecular weight is 1230 g/mol. The van der Waals surface area contributed by atoms with E-state index in [1.807, 2.05) is 188 Å². The minimum absolute atomic E-state index is 0.168. The van der Waals surface area contributed by atoms with Crippen LogP contribution >= 0.6 is 15.9 Å². The molecule has 4 nitrogen and oxygen atoms in total. The summed E-state index contributed by atoms with van der Waals surface area (Å²) in [5.74, 6) is 0. The van der Waals surface area contributed by atoms with Crippen LogP contribution in [0.3, 0.4) is 0 Å². The molecule has 0 atom stereocenters. The van der Waals surface area contributed by atoms with Gasteiger partial charge in [0.15, 0.2) is 0 Å². The first-order valence-electron chi connectivity index (χ1n) is 37.0. The summed E-state index contributed by atoms with van der Waals surface area (Å²) in [6, 6.07) is 63.8. The van der Waals surface area contributed by atoms with Crippen molar-refractivity contribution in [1.29, 1.82) is 0 Å². The summed E-state index contributed by atoms with van der Waals surface area (Å²) in [5, 5.41) is 28.2. The van der Waals surface area contributed by atoms with E-state index in [0.717, 1.165) is 70.9 Å². The van der Waals surface area contributed by atoms with E-state index in [1.54, 1.807) is 18.2 Å². The lowest BCUT2D eigenvalue weighted by atomic mass is 9.80. The lowest BCUT2D eigenvalue weighted by Crippen LogP contribution is -2.29. The minimum atomic E-state index is -1.48. The van der Waals surface area contributed by atoms with Crippen LogP contribution in [0.5, 0.6) is 0 Å². The summed E-state index contributed by atoms with van der Waals surface area (Å²) in [6.45, 7) is 0. The molecule has 90 heavy (non-hydrogen) atoms. The number of hydrogen-bond acceptors (Lipinski definition) is 4. The molecule has 2 aromatic heterocycles. The second-order valence-corrected chi connectivity index (χ2v) is 22.5. The van der Waals surface area contributed by atoms with Gasteiger partial charge in [0.2, 0.25) is 0 Å². The van der Waals surface area contributed by atoms with Gasteiger partial charge in [-0.15, -0.1) is 0 Å². The summed E-state index contributed by atoms with van der Waals surface area (Å²) >= 11 is 3.42. The quantitative estimate of drug-likeness (QED) is 0.129. The van der Waals surface area contributed by atoms with Crippen LogP contribution in [0.25, 0.3) is 164 Å². The van der Waals surface area contributed by atoms with E-state index in [0.29, 0.717) is 50.0 Å². The standard InChI is InChI=1S/C42H26O.C26H17Br.C16H11BO3/c1-2-10-27(11-3-1)28-18-20-30(21-19-28)40-33-14-6-8-16-35(33)41(36-17-9-7-15-34(36)40)31-22-24-37-39(26-31)43-38-25-23-29-12-4-5-13-32(29)42(37)38;27-26-23-12-6-4-10-21(23)25(22-11-5-7-13-24(22)26)20-16-14-19(15-17-20)18-8-2-1-3-9-18;18-17(19)11-6-7-13-15(9-11)20-14-8-5-10-3-1-2-4-12(10)16(13)14/h1-26H;1-17H;1-9,18-19H/i6D,7D,8D,9D,14D,15D,16D,17D;4D,5D,6D,7D,10D,11D,12D,13D;. The van der Waals surface area contributed by atoms with E-state index in [2.05, 4.69) is 28.1 Å². The largest absolute Gasteiger partial charge is 0.488 e. The topological polar surface area (TPSA) is 66.7 Å². The summed E-state index contributed by atoms with van der Waals surface area (Å²) in [5.41, 5.74) is 9.62. The Morgan fingerprint density at radius 1 is 0.278 bits per heavy atom. The first-order valence-corrected chi connectivity index (χ1v) is 29.8. The van der Waals surface area contributed by atoms with E-state index < -0.39 is 55.5 Å². The second kappa shape index (κ2) is 23.0. The molecule has 0 fully saturated rings. The molecule has 0 spiro atoms. The zero-order valence-electron chi connectivity index (χ0n) is 63.5. The van der Waals surface area contributed by atoms with Crippen LogP contribution in [-0.2, 0) is 0 Å². The third-order valence-corrected chi connectivity index (χ3v) is 17.4. The lowest BCUT2D eigenvalue weighted by molar-refractivity contribution is 0.425. The molecule has 0 radical (unpaired) electrons. The minimum Gasteiger partial charge on any atom is -0.456 e. The number of fused-ring (bicyclic) bond motifs is 14. The molecule has 6 heteroatoms. The molecular formula is C84H54BBrO4. The summed E-state index contributed by atoms with van der Waals surface area (Å²) in [6.07, 6.45) is 0. The highest BCUT2D eigenvalue weighted by Crippen LogP contribution is 2.47. The van der Waals surface area contributed by atoms with Crippen LogP contribution in [0, 0.1) is 0 Å². The van der Waals surface area contributed by atoms with Gasteiger partial charge in [0, 0.05) is 26.0 Å². The van der Waals surface area contributed by atoms with Gasteiger partial charge in [-0.2, -0.15) is 0 Å². The fourth-order valence-corrected chi connectivity index (χ4v) is 13.0. The van der Waals surface area contributed by atoms with E-state index in [1.165, 1.54) is 0 Å². The van der Waals surface area contributed by atoms with Crippen LogP contribution in [-0.4, -0.2) is 17.2 Å². The highest BCUT2D eigenvalue weighted by molar-refractivity contribution is 9.10. The molecule has 18 aromatic rings. The lowest BCUT2D eigenvalue weighted by Gasteiger charge is -2.18. The third-order valence-electron chi connectivity index (χ3n) is 16.6. The summed E-state index contributed by atoms with van der Waals surface area (Å²) in [7, 11) is -1.48. The van der Waals surface area contributed by atoms with Crippen molar-refractivity contribution in [1.82, 2.24) is 0 Å². The van der Waals surface area contributed by atoms with Crippen molar-refractivity contribution in [3.05, 3.63) is 320 Å². The van der Waals surface area contributed by atoms with E-state index in [4.69, 9.17) is 25.3 Å². The Labute approximate surface area is 550 Å². The Bertz CT molecular complexity index is 6590. The molecule has 0 bridgehead atoms. The van der Waals surface area contributed by atoms with Gasteiger partial charge in [-0.1, -0.05) is 285 Å². The van der Waals surface area contributed by atoms with Gasteiger partial charge in [0.25, 0.3) is 0 Å². The maximum Gasteiger partial charge on any atom is 0.488 e. The van der Waals surface area contributed by atoms with Crippen molar-refractivity contribution in [2.75, 3.05) is 0 Å². The number of rotatable bonds is 6.